The van der Waals surface area contributed by atoms with Gasteiger partial charge in [-0.15, -0.1) is 0 Å². The fourth-order valence-electron chi connectivity index (χ4n) is 1.12. The average molecular weight is 176 g/mol. The molecule has 0 aliphatic carbocycles. The normalized spacial score (nSPS) is 10.6. The Morgan fingerprint density at radius 3 is 2.77 bits per heavy atom. The lowest BCUT2D eigenvalue weighted by atomic mass is 10.2. The van der Waals surface area contributed by atoms with Crippen molar-refractivity contribution in [3.05, 3.63) is 46.0 Å². The van der Waals surface area contributed by atoms with Gasteiger partial charge in [0.2, 0.25) is 0 Å². The summed E-state index contributed by atoms with van der Waals surface area (Å²) in [4.78, 5) is 11.4. The summed E-state index contributed by atoms with van der Waals surface area (Å²) in [5.74, 6) is 1.19. The first-order valence-electron chi connectivity index (χ1n) is 4.09. The van der Waals surface area contributed by atoms with Gasteiger partial charge >= 0.3 is 0 Å². The third kappa shape index (κ3) is 1.96. The standard InChI is InChI=1S/C11H12O2/c1-4-6-11-9(5-2)10(12)7-8(3)13-11/h4-7H,2H2,1,3H3/b6-4-. The maximum absolute atomic E-state index is 11.4. The van der Waals surface area contributed by atoms with Crippen molar-refractivity contribution >= 4 is 12.2 Å². The highest BCUT2D eigenvalue weighted by molar-refractivity contribution is 5.59. The molecule has 1 rings (SSSR count). The van der Waals surface area contributed by atoms with E-state index in [1.54, 1.807) is 13.0 Å². The number of hydrogen-bond acceptors (Lipinski definition) is 2. The molecule has 13 heavy (non-hydrogen) atoms. The highest BCUT2D eigenvalue weighted by atomic mass is 16.3. The van der Waals surface area contributed by atoms with Crippen molar-refractivity contribution in [2.45, 2.75) is 13.8 Å². The maximum Gasteiger partial charge on any atom is 0.192 e. The van der Waals surface area contributed by atoms with Gasteiger partial charge in [-0.2, -0.15) is 0 Å². The molecule has 0 aromatic carbocycles. The van der Waals surface area contributed by atoms with E-state index in [-0.39, 0.29) is 5.43 Å². The molecular weight excluding hydrogens is 164 g/mol. The summed E-state index contributed by atoms with van der Waals surface area (Å²) in [6.07, 6.45) is 5.09. The van der Waals surface area contributed by atoms with Crippen molar-refractivity contribution < 1.29 is 4.42 Å². The molecule has 0 bridgehead atoms. The molecule has 0 atom stereocenters. The highest BCUT2D eigenvalue weighted by Crippen LogP contribution is 2.10. The molecule has 1 aromatic rings. The second-order valence-electron chi connectivity index (χ2n) is 2.70. The zero-order valence-corrected chi connectivity index (χ0v) is 7.83. The summed E-state index contributed by atoms with van der Waals surface area (Å²) in [6, 6.07) is 1.46. The van der Waals surface area contributed by atoms with E-state index in [1.807, 2.05) is 13.0 Å². The first-order chi connectivity index (χ1) is 6.19. The van der Waals surface area contributed by atoms with E-state index in [0.717, 1.165) is 0 Å². The monoisotopic (exact) mass is 176 g/mol. The fourth-order valence-corrected chi connectivity index (χ4v) is 1.12. The van der Waals surface area contributed by atoms with Gasteiger partial charge in [-0.3, -0.25) is 4.79 Å². The molecule has 0 fully saturated rings. The van der Waals surface area contributed by atoms with Crippen molar-refractivity contribution in [3.8, 4) is 0 Å². The van der Waals surface area contributed by atoms with Crippen molar-refractivity contribution in [1.29, 1.82) is 0 Å². The molecule has 0 spiro atoms. The molecule has 2 heteroatoms. The van der Waals surface area contributed by atoms with Gasteiger partial charge in [0.25, 0.3) is 0 Å². The summed E-state index contributed by atoms with van der Waals surface area (Å²) in [6.45, 7) is 7.19. The second kappa shape index (κ2) is 3.90. The van der Waals surface area contributed by atoms with Crippen LogP contribution in [0, 0.1) is 6.92 Å². The largest absolute Gasteiger partial charge is 0.461 e. The zero-order valence-electron chi connectivity index (χ0n) is 7.83. The summed E-state index contributed by atoms with van der Waals surface area (Å²) >= 11 is 0. The van der Waals surface area contributed by atoms with Crippen molar-refractivity contribution in [2.75, 3.05) is 0 Å². The molecular formula is C11H12O2. The molecule has 0 N–H and O–H groups in total. The second-order valence-corrected chi connectivity index (χ2v) is 2.70. The van der Waals surface area contributed by atoms with E-state index in [2.05, 4.69) is 6.58 Å². The average Bonchev–Trinajstić information content (AvgIpc) is 2.04. The van der Waals surface area contributed by atoms with Gasteiger partial charge in [0.05, 0.1) is 5.56 Å². The van der Waals surface area contributed by atoms with Crippen LogP contribution in [-0.4, -0.2) is 0 Å². The molecule has 0 saturated heterocycles. The Kier molecular flexibility index (Phi) is 2.85. The Bertz CT molecular complexity index is 397. The molecule has 0 radical (unpaired) electrons. The topological polar surface area (TPSA) is 30.2 Å². The lowest BCUT2D eigenvalue weighted by molar-refractivity contribution is 0.504. The van der Waals surface area contributed by atoms with E-state index in [0.29, 0.717) is 17.1 Å². The summed E-state index contributed by atoms with van der Waals surface area (Å²) < 4.78 is 5.36. The highest BCUT2D eigenvalue weighted by Gasteiger charge is 2.03. The first kappa shape index (κ1) is 9.52. The van der Waals surface area contributed by atoms with E-state index in [9.17, 15) is 4.79 Å². The number of rotatable bonds is 2. The Morgan fingerprint density at radius 1 is 1.54 bits per heavy atom. The molecule has 1 aromatic heterocycles. The van der Waals surface area contributed by atoms with Gasteiger partial charge < -0.3 is 4.42 Å². The Hall–Kier alpha value is -1.57. The van der Waals surface area contributed by atoms with Crippen LogP contribution in [0.25, 0.3) is 12.2 Å². The van der Waals surface area contributed by atoms with Crippen molar-refractivity contribution in [3.63, 3.8) is 0 Å². The van der Waals surface area contributed by atoms with Gasteiger partial charge in [0, 0.05) is 6.07 Å². The van der Waals surface area contributed by atoms with E-state index < -0.39 is 0 Å². The number of allylic oxidation sites excluding steroid dienone is 1. The van der Waals surface area contributed by atoms with E-state index >= 15 is 0 Å². The molecule has 0 aliphatic rings. The van der Waals surface area contributed by atoms with Gasteiger partial charge in [-0.25, -0.2) is 0 Å². The van der Waals surface area contributed by atoms with Crippen LogP contribution in [0.2, 0.25) is 0 Å². The summed E-state index contributed by atoms with van der Waals surface area (Å²) in [5.41, 5.74) is 0.468. The summed E-state index contributed by atoms with van der Waals surface area (Å²) in [5, 5.41) is 0. The van der Waals surface area contributed by atoms with Crippen LogP contribution in [0.15, 0.2) is 27.9 Å². The zero-order chi connectivity index (χ0) is 9.84. The van der Waals surface area contributed by atoms with Gasteiger partial charge in [0.15, 0.2) is 5.43 Å². The molecule has 2 nitrogen and oxygen atoms in total. The molecule has 0 aliphatic heterocycles. The Labute approximate surface area is 77.2 Å². The van der Waals surface area contributed by atoms with Crippen LogP contribution < -0.4 is 5.43 Å². The first-order valence-corrected chi connectivity index (χ1v) is 4.09. The minimum Gasteiger partial charge on any atom is -0.461 e. The van der Waals surface area contributed by atoms with Crippen LogP contribution in [-0.2, 0) is 0 Å². The van der Waals surface area contributed by atoms with Crippen LogP contribution >= 0.6 is 0 Å². The van der Waals surface area contributed by atoms with Crippen LogP contribution in [0.4, 0.5) is 0 Å². The number of hydrogen-bond donors (Lipinski definition) is 0. The predicted octanol–water partition coefficient (Wildman–Crippen LogP) is 2.62. The van der Waals surface area contributed by atoms with Crippen LogP contribution in [0.3, 0.4) is 0 Å². The maximum atomic E-state index is 11.4. The lowest BCUT2D eigenvalue weighted by Crippen LogP contribution is -2.05. The van der Waals surface area contributed by atoms with Crippen molar-refractivity contribution in [1.82, 2.24) is 0 Å². The smallest absolute Gasteiger partial charge is 0.192 e. The molecule has 68 valence electrons. The SMILES string of the molecule is C=Cc1c(/C=C\C)oc(C)cc1=O. The molecule has 0 saturated carbocycles. The third-order valence-electron chi connectivity index (χ3n) is 1.66. The van der Waals surface area contributed by atoms with Gasteiger partial charge in [-0.1, -0.05) is 18.7 Å². The van der Waals surface area contributed by atoms with Gasteiger partial charge in [-0.05, 0) is 19.9 Å². The fraction of sp³-hybridized carbons (Fsp3) is 0.182. The quantitative estimate of drug-likeness (QED) is 0.693. The molecule has 0 unspecified atom stereocenters. The summed E-state index contributed by atoms with van der Waals surface area (Å²) in [7, 11) is 0. The Balaban J connectivity index is 3.47. The van der Waals surface area contributed by atoms with Crippen LogP contribution in [0.5, 0.6) is 0 Å². The minimum absolute atomic E-state index is 0.0492. The molecule has 0 amide bonds. The van der Waals surface area contributed by atoms with E-state index in [1.165, 1.54) is 12.1 Å². The lowest BCUT2D eigenvalue weighted by Gasteiger charge is -2.00. The minimum atomic E-state index is -0.0492. The van der Waals surface area contributed by atoms with Gasteiger partial charge in [0.1, 0.15) is 11.5 Å². The number of aryl methyl sites for hydroxylation is 1. The third-order valence-corrected chi connectivity index (χ3v) is 1.66. The predicted molar refractivity (Wildman–Crippen MR) is 54.5 cm³/mol. The van der Waals surface area contributed by atoms with Crippen LogP contribution in [0.1, 0.15) is 24.0 Å². The van der Waals surface area contributed by atoms with Crippen molar-refractivity contribution in [2.24, 2.45) is 0 Å². The van der Waals surface area contributed by atoms with E-state index in [4.69, 9.17) is 4.42 Å². The Morgan fingerprint density at radius 2 is 2.23 bits per heavy atom. The molecule has 1 heterocycles.